The molecule has 1 aromatic carbocycles. The molecule has 0 amide bonds. The summed E-state index contributed by atoms with van der Waals surface area (Å²) in [7, 11) is 0. The minimum Gasteiger partial charge on any atom is -0.378 e. The molecule has 0 spiro atoms. The Hall–Kier alpha value is -1.13. The summed E-state index contributed by atoms with van der Waals surface area (Å²) in [6, 6.07) is 6.63. The van der Waals surface area contributed by atoms with Crippen LogP contribution in [0.25, 0.3) is 0 Å². The standard InChI is InChI=1S/C12H9BrClFN2/c13-9-2-1-8(11(15)5-9)6-17-12-7-16-4-3-10(12)14/h1-5,7,17H,6H2. The third-order valence-corrected chi connectivity index (χ3v) is 3.08. The molecule has 0 aliphatic heterocycles. The lowest BCUT2D eigenvalue weighted by molar-refractivity contribution is 0.612. The van der Waals surface area contributed by atoms with Gasteiger partial charge in [0.15, 0.2) is 0 Å². The van der Waals surface area contributed by atoms with Gasteiger partial charge < -0.3 is 5.32 Å². The Morgan fingerprint density at radius 3 is 2.88 bits per heavy atom. The second kappa shape index (κ2) is 5.47. The average Bonchev–Trinajstić information content (AvgIpc) is 2.30. The molecule has 2 aromatic rings. The number of hydrogen-bond donors (Lipinski definition) is 1. The topological polar surface area (TPSA) is 24.9 Å². The fourth-order valence-corrected chi connectivity index (χ4v) is 1.87. The lowest BCUT2D eigenvalue weighted by atomic mass is 10.2. The molecule has 0 atom stereocenters. The van der Waals surface area contributed by atoms with Crippen molar-refractivity contribution in [2.75, 3.05) is 5.32 Å². The van der Waals surface area contributed by atoms with Crippen LogP contribution in [0, 0.1) is 5.82 Å². The van der Waals surface area contributed by atoms with Crippen LogP contribution >= 0.6 is 27.5 Å². The number of nitrogens with zero attached hydrogens (tertiary/aromatic N) is 1. The lowest BCUT2D eigenvalue weighted by Crippen LogP contribution is -2.02. The summed E-state index contributed by atoms with van der Waals surface area (Å²) in [5, 5.41) is 3.61. The molecule has 2 rings (SSSR count). The van der Waals surface area contributed by atoms with Crippen LogP contribution in [0.1, 0.15) is 5.56 Å². The molecule has 0 aliphatic carbocycles. The monoisotopic (exact) mass is 314 g/mol. The van der Waals surface area contributed by atoms with Crippen LogP contribution in [-0.2, 0) is 6.54 Å². The first kappa shape index (κ1) is 12.3. The zero-order valence-corrected chi connectivity index (χ0v) is 11.1. The van der Waals surface area contributed by atoms with Gasteiger partial charge in [0.05, 0.1) is 16.9 Å². The van der Waals surface area contributed by atoms with Gasteiger partial charge in [0.1, 0.15) is 5.82 Å². The van der Waals surface area contributed by atoms with Crippen LogP contribution < -0.4 is 5.32 Å². The minimum absolute atomic E-state index is 0.258. The summed E-state index contributed by atoms with van der Waals surface area (Å²) in [4.78, 5) is 3.95. The van der Waals surface area contributed by atoms with Gasteiger partial charge >= 0.3 is 0 Å². The molecule has 88 valence electrons. The van der Waals surface area contributed by atoms with Crippen LogP contribution in [0.5, 0.6) is 0 Å². The predicted molar refractivity (Wildman–Crippen MR) is 70.7 cm³/mol. The highest BCUT2D eigenvalue weighted by Crippen LogP contribution is 2.21. The van der Waals surface area contributed by atoms with E-state index in [0.717, 1.165) is 4.47 Å². The summed E-state index contributed by atoms with van der Waals surface area (Å²) >= 11 is 9.16. The molecular formula is C12H9BrClFN2. The molecule has 1 N–H and O–H groups in total. The van der Waals surface area contributed by atoms with Crippen molar-refractivity contribution < 1.29 is 4.39 Å². The van der Waals surface area contributed by atoms with E-state index in [9.17, 15) is 4.39 Å². The van der Waals surface area contributed by atoms with Gasteiger partial charge in [-0.1, -0.05) is 33.6 Å². The van der Waals surface area contributed by atoms with Crippen LogP contribution in [0.3, 0.4) is 0 Å². The maximum Gasteiger partial charge on any atom is 0.129 e. The smallest absolute Gasteiger partial charge is 0.129 e. The average molecular weight is 316 g/mol. The van der Waals surface area contributed by atoms with E-state index in [1.54, 1.807) is 30.6 Å². The van der Waals surface area contributed by atoms with Crippen molar-refractivity contribution >= 4 is 33.2 Å². The predicted octanol–water partition coefficient (Wildman–Crippen LogP) is 4.25. The van der Waals surface area contributed by atoms with Gasteiger partial charge in [-0.2, -0.15) is 0 Å². The largest absolute Gasteiger partial charge is 0.378 e. The maximum absolute atomic E-state index is 13.5. The fraction of sp³-hybridized carbons (Fsp3) is 0.0833. The Morgan fingerprint density at radius 2 is 2.18 bits per heavy atom. The molecule has 0 saturated heterocycles. The molecule has 1 heterocycles. The summed E-state index contributed by atoms with van der Waals surface area (Å²) in [5.74, 6) is -0.258. The first-order valence-electron chi connectivity index (χ1n) is 4.94. The Bertz CT molecular complexity index is 534. The van der Waals surface area contributed by atoms with Gasteiger partial charge in [-0.25, -0.2) is 4.39 Å². The molecule has 1 aromatic heterocycles. The minimum atomic E-state index is -0.258. The van der Waals surface area contributed by atoms with E-state index in [1.165, 1.54) is 6.07 Å². The Morgan fingerprint density at radius 1 is 1.35 bits per heavy atom. The number of pyridine rings is 1. The fourth-order valence-electron chi connectivity index (χ4n) is 1.36. The zero-order chi connectivity index (χ0) is 12.3. The first-order valence-corrected chi connectivity index (χ1v) is 6.11. The van der Waals surface area contributed by atoms with Crippen molar-refractivity contribution in [3.8, 4) is 0 Å². The van der Waals surface area contributed by atoms with E-state index < -0.39 is 0 Å². The number of anilines is 1. The number of halogens is 3. The van der Waals surface area contributed by atoms with E-state index in [1.807, 2.05) is 0 Å². The Labute approximate surface area is 112 Å². The summed E-state index contributed by atoms with van der Waals surface area (Å²) < 4.78 is 14.3. The quantitative estimate of drug-likeness (QED) is 0.916. The molecule has 0 fully saturated rings. The van der Waals surface area contributed by atoms with E-state index in [0.29, 0.717) is 22.8 Å². The molecule has 0 aliphatic rings. The Balaban J connectivity index is 2.10. The molecule has 0 unspecified atom stereocenters. The van der Waals surface area contributed by atoms with Gasteiger partial charge in [-0.15, -0.1) is 0 Å². The maximum atomic E-state index is 13.5. The highest BCUT2D eigenvalue weighted by molar-refractivity contribution is 9.10. The normalized spacial score (nSPS) is 10.3. The second-order valence-corrected chi connectivity index (χ2v) is 4.77. The number of aromatic nitrogens is 1. The number of benzene rings is 1. The lowest BCUT2D eigenvalue weighted by Gasteiger charge is -2.08. The number of nitrogens with one attached hydrogen (secondary N) is 1. The van der Waals surface area contributed by atoms with Crippen LogP contribution in [0.15, 0.2) is 41.1 Å². The van der Waals surface area contributed by atoms with Gasteiger partial charge in [0.2, 0.25) is 0 Å². The van der Waals surface area contributed by atoms with Crippen LogP contribution in [0.2, 0.25) is 5.02 Å². The third kappa shape index (κ3) is 3.17. The SMILES string of the molecule is Fc1cc(Br)ccc1CNc1cnccc1Cl. The van der Waals surface area contributed by atoms with Crippen molar-refractivity contribution in [1.29, 1.82) is 0 Å². The summed E-state index contributed by atoms with van der Waals surface area (Å²) in [6.07, 6.45) is 3.22. The summed E-state index contributed by atoms with van der Waals surface area (Å²) in [6.45, 7) is 0.366. The highest BCUT2D eigenvalue weighted by Gasteiger charge is 2.04. The molecule has 5 heteroatoms. The van der Waals surface area contributed by atoms with Gasteiger partial charge in [-0.05, 0) is 18.2 Å². The highest BCUT2D eigenvalue weighted by atomic mass is 79.9. The summed E-state index contributed by atoms with van der Waals surface area (Å²) in [5.41, 5.74) is 1.27. The van der Waals surface area contributed by atoms with Gasteiger partial charge in [0.25, 0.3) is 0 Å². The molecule has 0 bridgehead atoms. The van der Waals surface area contributed by atoms with E-state index >= 15 is 0 Å². The van der Waals surface area contributed by atoms with Crippen molar-refractivity contribution in [3.63, 3.8) is 0 Å². The van der Waals surface area contributed by atoms with E-state index in [2.05, 4.69) is 26.2 Å². The second-order valence-electron chi connectivity index (χ2n) is 3.44. The van der Waals surface area contributed by atoms with Crippen LogP contribution in [0.4, 0.5) is 10.1 Å². The van der Waals surface area contributed by atoms with Crippen molar-refractivity contribution in [2.45, 2.75) is 6.54 Å². The zero-order valence-electron chi connectivity index (χ0n) is 8.75. The molecule has 0 radical (unpaired) electrons. The van der Waals surface area contributed by atoms with Crippen LogP contribution in [-0.4, -0.2) is 4.98 Å². The third-order valence-electron chi connectivity index (χ3n) is 2.25. The molecular weight excluding hydrogens is 307 g/mol. The van der Waals surface area contributed by atoms with Crippen molar-refractivity contribution in [3.05, 3.63) is 57.5 Å². The van der Waals surface area contributed by atoms with Crippen molar-refractivity contribution in [1.82, 2.24) is 4.98 Å². The van der Waals surface area contributed by atoms with Gasteiger partial charge in [-0.3, -0.25) is 4.98 Å². The van der Waals surface area contributed by atoms with E-state index in [4.69, 9.17) is 11.6 Å². The van der Waals surface area contributed by atoms with Gasteiger partial charge in [0, 0.05) is 22.8 Å². The molecule has 17 heavy (non-hydrogen) atoms. The first-order chi connectivity index (χ1) is 8.16. The van der Waals surface area contributed by atoms with Crippen molar-refractivity contribution in [2.24, 2.45) is 0 Å². The van der Waals surface area contributed by atoms with E-state index in [-0.39, 0.29) is 5.82 Å². The number of rotatable bonds is 3. The molecule has 2 nitrogen and oxygen atoms in total. The molecule has 0 saturated carbocycles. The number of hydrogen-bond acceptors (Lipinski definition) is 2. The Kier molecular flexibility index (Phi) is 3.97.